The van der Waals surface area contributed by atoms with Gasteiger partial charge in [0.1, 0.15) is 17.5 Å². The predicted molar refractivity (Wildman–Crippen MR) is 67.4 cm³/mol. The number of nitrogens with two attached hydrogens (primary N) is 1. The summed E-state index contributed by atoms with van der Waals surface area (Å²) in [6, 6.07) is -1.30. The zero-order valence-electron chi connectivity index (χ0n) is 9.34. The summed E-state index contributed by atoms with van der Waals surface area (Å²) in [5, 5.41) is 11.7. The van der Waals surface area contributed by atoms with E-state index in [0.29, 0.717) is 0 Å². The molecule has 0 radical (unpaired) electrons. The van der Waals surface area contributed by atoms with Crippen LogP contribution in [0.2, 0.25) is 0 Å². The van der Waals surface area contributed by atoms with Crippen molar-refractivity contribution in [3.05, 3.63) is 0 Å². The Morgan fingerprint density at radius 2 is 2.24 bits per heavy atom. The van der Waals surface area contributed by atoms with Crippen molar-refractivity contribution in [1.82, 2.24) is 10.2 Å². The molecule has 3 atom stereocenters. The van der Waals surface area contributed by atoms with Crippen LogP contribution in [0.5, 0.6) is 0 Å². The molecule has 17 heavy (non-hydrogen) atoms. The van der Waals surface area contributed by atoms with Crippen LogP contribution in [0.25, 0.3) is 0 Å². The molecule has 2 saturated heterocycles. The number of β-lactam (4-membered cyclic amide) rings is 1. The second-order valence-electron chi connectivity index (χ2n) is 4.58. The summed E-state index contributed by atoms with van der Waals surface area (Å²) in [6.45, 7) is 3.64. The Kier molecular flexibility index (Phi) is 2.74. The van der Waals surface area contributed by atoms with Gasteiger partial charge in [-0.15, -0.1) is 11.8 Å². The zero-order valence-corrected chi connectivity index (χ0v) is 11.0. The molecular formula is C9H13N3O3S2. The van der Waals surface area contributed by atoms with Gasteiger partial charge in [0, 0.05) is 4.75 Å². The number of nitrogens with zero attached hydrogens (tertiary/aromatic N) is 1. The molecule has 1 amide bonds. The molecule has 2 aliphatic rings. The van der Waals surface area contributed by atoms with Gasteiger partial charge in [-0.25, -0.2) is 4.79 Å². The lowest BCUT2D eigenvalue weighted by Crippen LogP contribution is -2.71. The minimum Gasteiger partial charge on any atom is -0.480 e. The van der Waals surface area contributed by atoms with Gasteiger partial charge in [0.2, 0.25) is 5.91 Å². The van der Waals surface area contributed by atoms with Crippen molar-refractivity contribution in [3.8, 4) is 0 Å². The van der Waals surface area contributed by atoms with Crippen LogP contribution in [0.1, 0.15) is 13.8 Å². The number of carbonyl (C=O) groups excluding carboxylic acids is 1. The number of amides is 1. The Morgan fingerprint density at radius 1 is 1.65 bits per heavy atom. The van der Waals surface area contributed by atoms with Gasteiger partial charge >= 0.3 is 5.97 Å². The monoisotopic (exact) mass is 275 g/mol. The third-order valence-electron chi connectivity index (χ3n) is 2.97. The van der Waals surface area contributed by atoms with Gasteiger partial charge in [-0.1, -0.05) is 0 Å². The normalized spacial score (nSPS) is 33.9. The first-order valence-electron chi connectivity index (χ1n) is 5.04. The number of carboxylic acid groups (broad SMARTS) is 1. The molecule has 0 saturated carbocycles. The van der Waals surface area contributed by atoms with Gasteiger partial charge < -0.3 is 21.1 Å². The lowest BCUT2D eigenvalue weighted by atomic mass is 9.96. The van der Waals surface area contributed by atoms with Crippen LogP contribution in [-0.4, -0.2) is 49.2 Å². The number of aliphatic carboxylic acids is 1. The Balaban J connectivity index is 2.21. The molecule has 0 aliphatic carbocycles. The maximum atomic E-state index is 11.9. The number of nitrogens with one attached hydrogen (secondary N) is 1. The summed E-state index contributed by atoms with van der Waals surface area (Å²) in [7, 11) is 0. The summed E-state index contributed by atoms with van der Waals surface area (Å²) in [4.78, 5) is 24.4. The third-order valence-corrected chi connectivity index (χ3v) is 4.66. The van der Waals surface area contributed by atoms with Gasteiger partial charge in [-0.2, -0.15) is 0 Å². The van der Waals surface area contributed by atoms with E-state index in [1.807, 2.05) is 13.8 Å². The highest BCUT2D eigenvalue weighted by atomic mass is 32.2. The van der Waals surface area contributed by atoms with Gasteiger partial charge in [0.25, 0.3) is 0 Å². The van der Waals surface area contributed by atoms with Crippen LogP contribution < -0.4 is 11.1 Å². The molecular weight excluding hydrogens is 262 g/mol. The fourth-order valence-electron chi connectivity index (χ4n) is 2.30. The molecule has 3 unspecified atom stereocenters. The lowest BCUT2D eigenvalue weighted by Gasteiger charge is -2.43. The predicted octanol–water partition coefficient (Wildman–Crippen LogP) is -0.665. The average Bonchev–Trinajstić information content (AvgIpc) is 2.43. The van der Waals surface area contributed by atoms with Crippen LogP contribution in [0, 0.1) is 0 Å². The summed E-state index contributed by atoms with van der Waals surface area (Å²) in [6.07, 6.45) is 0. The number of carbonyl (C=O) groups is 2. The number of fused-ring (bicyclic) bond motifs is 1. The molecule has 2 aliphatic heterocycles. The number of hydrogen-bond donors (Lipinski definition) is 3. The molecule has 2 fully saturated rings. The van der Waals surface area contributed by atoms with E-state index in [0.717, 1.165) is 0 Å². The minimum atomic E-state index is -0.980. The average molecular weight is 275 g/mol. The first kappa shape index (κ1) is 12.4. The minimum absolute atomic E-state index is 0.0557. The molecule has 94 valence electrons. The van der Waals surface area contributed by atoms with Crippen molar-refractivity contribution >= 4 is 41.0 Å². The van der Waals surface area contributed by atoms with E-state index >= 15 is 0 Å². The van der Waals surface area contributed by atoms with E-state index < -0.39 is 22.8 Å². The molecule has 0 aromatic rings. The van der Waals surface area contributed by atoms with Crippen molar-refractivity contribution in [1.29, 1.82) is 0 Å². The number of thioether (sulfide) groups is 1. The number of hydrogen-bond acceptors (Lipinski definition) is 4. The van der Waals surface area contributed by atoms with Crippen molar-refractivity contribution in [2.75, 3.05) is 0 Å². The van der Waals surface area contributed by atoms with E-state index in [2.05, 4.69) is 5.32 Å². The van der Waals surface area contributed by atoms with Crippen molar-refractivity contribution in [2.24, 2.45) is 5.73 Å². The molecule has 6 nitrogen and oxygen atoms in total. The molecule has 2 rings (SSSR count). The second kappa shape index (κ2) is 3.74. The fraction of sp³-hybridized carbons (Fsp3) is 0.667. The summed E-state index contributed by atoms with van der Waals surface area (Å²) < 4.78 is -0.515. The second-order valence-corrected chi connectivity index (χ2v) is 6.80. The Hall–Kier alpha value is -1.02. The van der Waals surface area contributed by atoms with Crippen molar-refractivity contribution in [3.63, 3.8) is 0 Å². The number of thiocarbonyl (C=S) groups is 1. The summed E-state index contributed by atoms with van der Waals surface area (Å²) >= 11 is 6.15. The largest absolute Gasteiger partial charge is 0.480 e. The third kappa shape index (κ3) is 1.75. The lowest BCUT2D eigenvalue weighted by molar-refractivity contribution is -0.159. The SMILES string of the molecule is CC1(C)SC2C(NC(N)=S)C(=O)N2C1C(=O)O. The molecule has 0 spiro atoms. The van der Waals surface area contributed by atoms with Crippen LogP contribution in [-0.2, 0) is 9.59 Å². The zero-order chi connectivity index (χ0) is 13.0. The number of rotatable bonds is 2. The molecule has 2 heterocycles. The van der Waals surface area contributed by atoms with Crippen molar-refractivity contribution in [2.45, 2.75) is 36.1 Å². The summed E-state index contributed by atoms with van der Waals surface area (Å²) in [5.41, 5.74) is 5.33. The van der Waals surface area contributed by atoms with Gasteiger partial charge in [-0.05, 0) is 26.1 Å². The fourth-order valence-corrected chi connectivity index (χ4v) is 4.05. The van der Waals surface area contributed by atoms with Crippen LogP contribution >= 0.6 is 24.0 Å². The molecule has 0 aromatic heterocycles. The Bertz CT molecular complexity index is 412. The van der Waals surface area contributed by atoms with E-state index in [-0.39, 0.29) is 16.4 Å². The summed E-state index contributed by atoms with van der Waals surface area (Å²) in [5.74, 6) is -1.24. The van der Waals surface area contributed by atoms with Gasteiger partial charge in [-0.3, -0.25) is 4.79 Å². The first-order valence-corrected chi connectivity index (χ1v) is 6.33. The standard InChI is InChI=1S/C9H13N3O3S2/c1-9(2)4(7(14)15)12-5(13)3(6(12)17-9)11-8(10)16/h3-4,6H,1-2H3,(H,14,15)(H3,10,11,16). The van der Waals surface area contributed by atoms with Crippen LogP contribution in [0.3, 0.4) is 0 Å². The van der Waals surface area contributed by atoms with Gasteiger partial charge in [0.05, 0.1) is 0 Å². The quantitative estimate of drug-likeness (QED) is 0.454. The van der Waals surface area contributed by atoms with E-state index in [1.165, 1.54) is 16.7 Å². The van der Waals surface area contributed by atoms with E-state index in [1.54, 1.807) is 0 Å². The highest BCUT2D eigenvalue weighted by Gasteiger charge is 2.63. The molecule has 0 aromatic carbocycles. The first-order chi connectivity index (χ1) is 7.75. The topological polar surface area (TPSA) is 95.7 Å². The van der Waals surface area contributed by atoms with Gasteiger partial charge in [0.15, 0.2) is 5.11 Å². The maximum absolute atomic E-state index is 11.9. The maximum Gasteiger partial charge on any atom is 0.327 e. The van der Waals surface area contributed by atoms with Crippen LogP contribution in [0.4, 0.5) is 0 Å². The highest BCUT2D eigenvalue weighted by Crippen LogP contribution is 2.50. The highest BCUT2D eigenvalue weighted by molar-refractivity contribution is 8.01. The van der Waals surface area contributed by atoms with Crippen molar-refractivity contribution < 1.29 is 14.7 Å². The molecule has 8 heteroatoms. The smallest absolute Gasteiger partial charge is 0.327 e. The van der Waals surface area contributed by atoms with E-state index in [9.17, 15) is 14.7 Å². The Labute approximate surface area is 108 Å². The number of carboxylic acids is 1. The van der Waals surface area contributed by atoms with E-state index in [4.69, 9.17) is 18.0 Å². The molecule has 4 N–H and O–H groups in total. The van der Waals surface area contributed by atoms with Crippen LogP contribution in [0.15, 0.2) is 0 Å². The molecule has 0 bridgehead atoms. The Morgan fingerprint density at radius 3 is 2.71 bits per heavy atom.